The van der Waals surface area contributed by atoms with Crippen LogP contribution in [0.3, 0.4) is 0 Å². The molecule has 2 aromatic heterocycles. The number of rotatable bonds is 6. The summed E-state index contributed by atoms with van der Waals surface area (Å²) in [4.78, 5) is 13.0. The number of hydrogen-bond donors (Lipinski definition) is 4. The van der Waals surface area contributed by atoms with Gasteiger partial charge in [0.05, 0.1) is 12.9 Å². The molecule has 9 nitrogen and oxygen atoms in total. The summed E-state index contributed by atoms with van der Waals surface area (Å²) in [7, 11) is 0. The van der Waals surface area contributed by atoms with Gasteiger partial charge in [-0.25, -0.2) is 15.0 Å². The second-order valence-corrected chi connectivity index (χ2v) is 7.59. The highest BCUT2D eigenvalue weighted by molar-refractivity contribution is 5.86. The fourth-order valence-corrected chi connectivity index (χ4v) is 4.10. The Bertz CT molecular complexity index is 1210. The molecule has 0 radical (unpaired) electrons. The summed E-state index contributed by atoms with van der Waals surface area (Å²) in [6, 6.07) is 14.6. The van der Waals surface area contributed by atoms with Crippen LogP contribution in [0.15, 0.2) is 55.1 Å². The SMILES string of the molecule is OCC1OC(n2cnc3c(NCCc4cccc5ccccc45)ncnc32)C(O)C1O. The molecule has 0 saturated carbocycles. The molecule has 1 aliphatic rings. The van der Waals surface area contributed by atoms with Gasteiger partial charge in [-0.05, 0) is 22.8 Å². The first-order chi connectivity index (χ1) is 15.2. The number of nitrogens with zero attached hydrogens (tertiary/aromatic N) is 4. The molecule has 3 heterocycles. The number of nitrogens with one attached hydrogen (secondary N) is 1. The third-order valence-corrected chi connectivity index (χ3v) is 5.72. The van der Waals surface area contributed by atoms with Crippen molar-refractivity contribution in [3.63, 3.8) is 0 Å². The van der Waals surface area contributed by atoms with E-state index in [0.29, 0.717) is 23.5 Å². The Morgan fingerprint density at radius 2 is 1.84 bits per heavy atom. The van der Waals surface area contributed by atoms with Crippen molar-refractivity contribution in [2.75, 3.05) is 18.5 Å². The van der Waals surface area contributed by atoms with Crippen LogP contribution in [0.2, 0.25) is 0 Å². The number of benzene rings is 2. The molecule has 1 aliphatic heterocycles. The second kappa shape index (κ2) is 8.20. The summed E-state index contributed by atoms with van der Waals surface area (Å²) in [6.07, 6.45) is -0.423. The molecule has 31 heavy (non-hydrogen) atoms. The number of anilines is 1. The van der Waals surface area contributed by atoms with Crippen molar-refractivity contribution in [2.24, 2.45) is 0 Å². The lowest BCUT2D eigenvalue weighted by Gasteiger charge is -2.16. The summed E-state index contributed by atoms with van der Waals surface area (Å²) in [5.41, 5.74) is 2.25. The number of fused-ring (bicyclic) bond motifs is 2. The summed E-state index contributed by atoms with van der Waals surface area (Å²) < 4.78 is 7.15. The monoisotopic (exact) mass is 421 g/mol. The minimum Gasteiger partial charge on any atom is -0.394 e. The highest BCUT2D eigenvalue weighted by Crippen LogP contribution is 2.32. The molecule has 5 rings (SSSR count). The highest BCUT2D eigenvalue weighted by Gasteiger charge is 2.44. The van der Waals surface area contributed by atoms with Gasteiger partial charge in [-0.1, -0.05) is 42.5 Å². The van der Waals surface area contributed by atoms with Gasteiger partial charge in [0.2, 0.25) is 0 Å². The Morgan fingerprint density at radius 1 is 1.00 bits per heavy atom. The molecule has 1 saturated heterocycles. The van der Waals surface area contributed by atoms with Crippen molar-refractivity contribution in [3.8, 4) is 0 Å². The lowest BCUT2D eigenvalue weighted by Crippen LogP contribution is -2.33. The molecule has 4 atom stereocenters. The average Bonchev–Trinajstić information content (AvgIpc) is 3.35. The first kappa shape index (κ1) is 19.8. The highest BCUT2D eigenvalue weighted by atomic mass is 16.6. The van der Waals surface area contributed by atoms with E-state index in [0.717, 1.165) is 6.42 Å². The molecule has 0 spiro atoms. The maximum absolute atomic E-state index is 10.3. The molecule has 9 heteroatoms. The van der Waals surface area contributed by atoms with E-state index in [9.17, 15) is 15.3 Å². The number of hydrogen-bond acceptors (Lipinski definition) is 8. The van der Waals surface area contributed by atoms with Gasteiger partial charge in [-0.2, -0.15) is 0 Å². The van der Waals surface area contributed by atoms with Crippen LogP contribution in [0.1, 0.15) is 11.8 Å². The standard InChI is InChI=1S/C22H23N5O4/c28-10-16-18(29)19(30)22(31-16)27-12-26-17-20(24-11-25-21(17)27)23-9-8-14-6-3-5-13-4-1-2-7-15(13)14/h1-7,11-12,16,18-19,22,28-30H,8-10H2,(H,23,24,25). The van der Waals surface area contributed by atoms with E-state index in [1.165, 1.54) is 29.0 Å². The molecule has 0 bridgehead atoms. The Morgan fingerprint density at radius 3 is 2.68 bits per heavy atom. The van der Waals surface area contributed by atoms with Gasteiger partial charge < -0.3 is 25.4 Å². The van der Waals surface area contributed by atoms with E-state index >= 15 is 0 Å². The third kappa shape index (κ3) is 3.51. The van der Waals surface area contributed by atoms with E-state index in [-0.39, 0.29) is 0 Å². The third-order valence-electron chi connectivity index (χ3n) is 5.72. The fraction of sp³-hybridized carbons (Fsp3) is 0.318. The second-order valence-electron chi connectivity index (χ2n) is 7.59. The molecule has 2 aromatic carbocycles. The van der Waals surface area contributed by atoms with Gasteiger partial charge in [0, 0.05) is 6.54 Å². The first-order valence-electron chi connectivity index (χ1n) is 10.2. The Balaban J connectivity index is 1.36. The van der Waals surface area contributed by atoms with Crippen LogP contribution in [-0.4, -0.2) is 66.3 Å². The van der Waals surface area contributed by atoms with Crippen LogP contribution in [0, 0.1) is 0 Å². The lowest BCUT2D eigenvalue weighted by atomic mass is 10.0. The van der Waals surface area contributed by atoms with Crippen molar-refractivity contribution in [1.29, 1.82) is 0 Å². The zero-order valence-corrected chi connectivity index (χ0v) is 16.7. The van der Waals surface area contributed by atoms with E-state index in [4.69, 9.17) is 4.74 Å². The van der Waals surface area contributed by atoms with E-state index in [1.807, 2.05) is 12.1 Å². The molecule has 160 valence electrons. The van der Waals surface area contributed by atoms with Crippen molar-refractivity contribution in [1.82, 2.24) is 19.5 Å². The fourth-order valence-electron chi connectivity index (χ4n) is 4.10. The number of imidazole rings is 1. The largest absolute Gasteiger partial charge is 0.394 e. The molecule has 0 aliphatic carbocycles. The number of aromatic nitrogens is 4. The van der Waals surface area contributed by atoms with Crippen molar-refractivity contribution >= 4 is 27.8 Å². The Hall–Kier alpha value is -3.11. The van der Waals surface area contributed by atoms with Gasteiger partial charge in [-0.3, -0.25) is 4.57 Å². The van der Waals surface area contributed by atoms with Gasteiger partial charge in [0.15, 0.2) is 23.2 Å². The van der Waals surface area contributed by atoms with Gasteiger partial charge in [0.25, 0.3) is 0 Å². The quantitative estimate of drug-likeness (QED) is 0.367. The first-order valence-corrected chi connectivity index (χ1v) is 10.2. The number of ether oxygens (including phenoxy) is 1. The maximum atomic E-state index is 10.3. The molecular formula is C22H23N5O4. The Kier molecular flexibility index (Phi) is 5.24. The Labute approximate surface area is 178 Å². The van der Waals surface area contributed by atoms with Crippen molar-refractivity contribution < 1.29 is 20.1 Å². The molecule has 4 unspecified atom stereocenters. The van der Waals surface area contributed by atoms with E-state index in [2.05, 4.69) is 50.6 Å². The summed E-state index contributed by atoms with van der Waals surface area (Å²) in [6.45, 7) is 0.262. The minimum absolute atomic E-state index is 0.392. The molecular weight excluding hydrogens is 398 g/mol. The molecule has 1 fully saturated rings. The van der Waals surface area contributed by atoms with Crippen LogP contribution in [0.25, 0.3) is 21.9 Å². The smallest absolute Gasteiger partial charge is 0.167 e. The van der Waals surface area contributed by atoms with Crippen LogP contribution in [0.5, 0.6) is 0 Å². The molecule has 4 N–H and O–H groups in total. The normalized spacial score (nSPS) is 23.6. The van der Waals surface area contributed by atoms with Crippen LogP contribution in [0.4, 0.5) is 5.82 Å². The minimum atomic E-state index is -1.20. The summed E-state index contributed by atoms with van der Waals surface area (Å²) in [5.74, 6) is 0.579. The van der Waals surface area contributed by atoms with Crippen LogP contribution >= 0.6 is 0 Å². The maximum Gasteiger partial charge on any atom is 0.167 e. The van der Waals surface area contributed by atoms with E-state index < -0.39 is 31.1 Å². The number of aliphatic hydroxyl groups excluding tert-OH is 3. The predicted octanol–water partition coefficient (Wildman–Crippen LogP) is 1.25. The average molecular weight is 421 g/mol. The zero-order valence-electron chi connectivity index (χ0n) is 16.7. The van der Waals surface area contributed by atoms with Crippen molar-refractivity contribution in [3.05, 3.63) is 60.7 Å². The number of aliphatic hydroxyl groups is 3. The topological polar surface area (TPSA) is 126 Å². The zero-order chi connectivity index (χ0) is 21.4. The molecule has 4 aromatic rings. The summed E-state index contributed by atoms with van der Waals surface area (Å²) in [5, 5.41) is 35.5. The lowest BCUT2D eigenvalue weighted by molar-refractivity contribution is -0.0511. The van der Waals surface area contributed by atoms with Crippen LogP contribution in [-0.2, 0) is 11.2 Å². The van der Waals surface area contributed by atoms with Gasteiger partial charge >= 0.3 is 0 Å². The van der Waals surface area contributed by atoms with Crippen LogP contribution < -0.4 is 5.32 Å². The summed E-state index contributed by atoms with van der Waals surface area (Å²) >= 11 is 0. The van der Waals surface area contributed by atoms with Gasteiger partial charge in [-0.15, -0.1) is 0 Å². The van der Waals surface area contributed by atoms with Gasteiger partial charge in [0.1, 0.15) is 24.6 Å². The van der Waals surface area contributed by atoms with Crippen molar-refractivity contribution in [2.45, 2.75) is 31.0 Å². The molecule has 0 amide bonds. The van der Waals surface area contributed by atoms with E-state index in [1.54, 1.807) is 4.57 Å². The predicted molar refractivity (Wildman–Crippen MR) is 114 cm³/mol.